The van der Waals surface area contributed by atoms with Crippen molar-refractivity contribution in [1.29, 1.82) is 5.26 Å². The monoisotopic (exact) mass is 204 g/mol. The molecule has 1 saturated heterocycles. The highest BCUT2D eigenvalue weighted by Crippen LogP contribution is 2.16. The Morgan fingerprint density at radius 3 is 2.60 bits per heavy atom. The van der Waals surface area contributed by atoms with E-state index in [2.05, 4.69) is 14.9 Å². The summed E-state index contributed by atoms with van der Waals surface area (Å²) in [6.07, 6.45) is 4.42. The SMILES string of the molecule is N#Cc1cnc(N2CCC(O)CC2)cn1. The summed E-state index contributed by atoms with van der Waals surface area (Å²) in [5.41, 5.74) is 0.329. The summed E-state index contributed by atoms with van der Waals surface area (Å²) in [6, 6.07) is 1.93. The molecule has 0 aromatic carbocycles. The molecule has 1 aliphatic rings. The summed E-state index contributed by atoms with van der Waals surface area (Å²) in [5, 5.41) is 17.9. The number of hydrogen-bond acceptors (Lipinski definition) is 5. The van der Waals surface area contributed by atoms with Crippen molar-refractivity contribution in [3.05, 3.63) is 18.1 Å². The molecule has 78 valence electrons. The number of anilines is 1. The summed E-state index contributed by atoms with van der Waals surface area (Å²) in [7, 11) is 0. The van der Waals surface area contributed by atoms with Gasteiger partial charge in [0.1, 0.15) is 11.9 Å². The molecule has 15 heavy (non-hydrogen) atoms. The van der Waals surface area contributed by atoms with Gasteiger partial charge in [0.05, 0.1) is 18.5 Å². The van der Waals surface area contributed by atoms with E-state index in [1.54, 1.807) is 6.20 Å². The van der Waals surface area contributed by atoms with E-state index in [1.165, 1.54) is 6.20 Å². The van der Waals surface area contributed by atoms with Gasteiger partial charge in [-0.05, 0) is 12.8 Å². The van der Waals surface area contributed by atoms with Crippen LogP contribution in [-0.2, 0) is 0 Å². The van der Waals surface area contributed by atoms with Gasteiger partial charge in [0.25, 0.3) is 0 Å². The highest BCUT2D eigenvalue weighted by atomic mass is 16.3. The minimum absolute atomic E-state index is 0.187. The number of piperidine rings is 1. The van der Waals surface area contributed by atoms with Gasteiger partial charge in [0, 0.05) is 13.1 Å². The van der Waals surface area contributed by atoms with Gasteiger partial charge in [-0.3, -0.25) is 0 Å². The molecule has 5 nitrogen and oxygen atoms in total. The van der Waals surface area contributed by atoms with Gasteiger partial charge >= 0.3 is 0 Å². The van der Waals surface area contributed by atoms with E-state index in [0.29, 0.717) is 5.69 Å². The van der Waals surface area contributed by atoms with E-state index in [4.69, 9.17) is 5.26 Å². The maximum Gasteiger partial charge on any atom is 0.158 e. The van der Waals surface area contributed by atoms with Gasteiger partial charge in [-0.1, -0.05) is 0 Å². The Balaban J connectivity index is 2.07. The summed E-state index contributed by atoms with van der Waals surface area (Å²) >= 11 is 0. The normalized spacial score (nSPS) is 17.5. The largest absolute Gasteiger partial charge is 0.393 e. The van der Waals surface area contributed by atoms with Crippen LogP contribution in [0, 0.1) is 11.3 Å². The lowest BCUT2D eigenvalue weighted by molar-refractivity contribution is 0.145. The van der Waals surface area contributed by atoms with Gasteiger partial charge in [0.2, 0.25) is 0 Å². The molecule has 1 N–H and O–H groups in total. The summed E-state index contributed by atoms with van der Waals surface area (Å²) in [6.45, 7) is 1.59. The third-order valence-electron chi connectivity index (χ3n) is 2.54. The molecule has 2 rings (SSSR count). The second-order valence-electron chi connectivity index (χ2n) is 3.59. The molecular weight excluding hydrogens is 192 g/mol. The molecule has 1 aromatic rings. The topological polar surface area (TPSA) is 73.0 Å². The van der Waals surface area contributed by atoms with E-state index in [1.807, 2.05) is 6.07 Å². The molecule has 5 heteroatoms. The van der Waals surface area contributed by atoms with Crippen LogP contribution in [-0.4, -0.2) is 34.3 Å². The van der Waals surface area contributed by atoms with Crippen molar-refractivity contribution < 1.29 is 5.11 Å². The van der Waals surface area contributed by atoms with Crippen molar-refractivity contribution >= 4 is 5.82 Å². The first-order valence-corrected chi connectivity index (χ1v) is 4.95. The zero-order valence-corrected chi connectivity index (χ0v) is 8.30. The predicted octanol–water partition coefficient (Wildman–Crippen LogP) is 0.309. The highest BCUT2D eigenvalue weighted by molar-refractivity contribution is 5.37. The molecule has 1 aliphatic heterocycles. The summed E-state index contributed by atoms with van der Waals surface area (Å²) < 4.78 is 0. The highest BCUT2D eigenvalue weighted by Gasteiger charge is 2.17. The van der Waals surface area contributed by atoms with Crippen LogP contribution < -0.4 is 4.90 Å². The van der Waals surface area contributed by atoms with Crippen LogP contribution in [0.4, 0.5) is 5.82 Å². The van der Waals surface area contributed by atoms with E-state index < -0.39 is 0 Å². The van der Waals surface area contributed by atoms with Gasteiger partial charge in [-0.2, -0.15) is 5.26 Å². The first-order valence-electron chi connectivity index (χ1n) is 4.95. The fourth-order valence-corrected chi connectivity index (χ4v) is 1.64. The predicted molar refractivity (Wildman–Crippen MR) is 54.2 cm³/mol. The molecule has 0 amide bonds. The first-order chi connectivity index (χ1) is 7.29. The molecular formula is C10H12N4O. The Morgan fingerprint density at radius 1 is 1.33 bits per heavy atom. The second-order valence-corrected chi connectivity index (χ2v) is 3.59. The van der Waals surface area contributed by atoms with Crippen LogP contribution in [0.2, 0.25) is 0 Å². The summed E-state index contributed by atoms with van der Waals surface area (Å²) in [4.78, 5) is 10.2. The second kappa shape index (κ2) is 4.24. The molecule has 0 aliphatic carbocycles. The number of nitriles is 1. The summed E-state index contributed by atoms with van der Waals surface area (Å²) in [5.74, 6) is 0.779. The molecule has 0 atom stereocenters. The lowest BCUT2D eigenvalue weighted by Crippen LogP contribution is -2.36. The number of aromatic nitrogens is 2. The van der Waals surface area contributed by atoms with E-state index >= 15 is 0 Å². The third kappa shape index (κ3) is 2.22. The molecule has 0 unspecified atom stereocenters. The van der Waals surface area contributed by atoms with Crippen LogP contribution in [0.25, 0.3) is 0 Å². The fraction of sp³-hybridized carbons (Fsp3) is 0.500. The Labute approximate surface area is 88.0 Å². The van der Waals surface area contributed by atoms with E-state index in [9.17, 15) is 5.11 Å². The standard InChI is InChI=1S/C10H12N4O/c11-5-8-6-13-10(7-12-8)14-3-1-9(15)2-4-14/h6-7,9,15H,1-4H2. The lowest BCUT2D eigenvalue weighted by Gasteiger charge is -2.30. The molecule has 2 heterocycles. The van der Waals surface area contributed by atoms with E-state index in [0.717, 1.165) is 31.7 Å². The number of nitrogens with zero attached hydrogens (tertiary/aromatic N) is 4. The van der Waals surface area contributed by atoms with Crippen molar-refractivity contribution in [3.8, 4) is 6.07 Å². The van der Waals surface area contributed by atoms with Crippen LogP contribution in [0.1, 0.15) is 18.5 Å². The van der Waals surface area contributed by atoms with Gasteiger partial charge in [0.15, 0.2) is 5.69 Å². The maximum atomic E-state index is 9.35. The van der Waals surface area contributed by atoms with E-state index in [-0.39, 0.29) is 6.10 Å². The zero-order chi connectivity index (χ0) is 10.7. The molecule has 0 radical (unpaired) electrons. The van der Waals surface area contributed by atoms with Crippen LogP contribution in [0.5, 0.6) is 0 Å². The smallest absolute Gasteiger partial charge is 0.158 e. The van der Waals surface area contributed by atoms with Crippen LogP contribution in [0.15, 0.2) is 12.4 Å². The minimum Gasteiger partial charge on any atom is -0.393 e. The van der Waals surface area contributed by atoms with Gasteiger partial charge in [-0.25, -0.2) is 9.97 Å². The van der Waals surface area contributed by atoms with Crippen LogP contribution in [0.3, 0.4) is 0 Å². The van der Waals surface area contributed by atoms with Crippen molar-refractivity contribution in [1.82, 2.24) is 9.97 Å². The fourth-order valence-electron chi connectivity index (χ4n) is 1.64. The molecule has 1 fully saturated rings. The van der Waals surface area contributed by atoms with Crippen molar-refractivity contribution in [3.63, 3.8) is 0 Å². The first kappa shape index (κ1) is 9.87. The third-order valence-corrected chi connectivity index (χ3v) is 2.54. The Kier molecular flexibility index (Phi) is 2.79. The number of rotatable bonds is 1. The quantitative estimate of drug-likeness (QED) is 0.712. The number of aliphatic hydroxyl groups excluding tert-OH is 1. The minimum atomic E-state index is -0.187. The molecule has 0 saturated carbocycles. The Morgan fingerprint density at radius 2 is 2.07 bits per heavy atom. The van der Waals surface area contributed by atoms with Crippen molar-refractivity contribution in [2.75, 3.05) is 18.0 Å². The molecule has 1 aromatic heterocycles. The average molecular weight is 204 g/mol. The zero-order valence-electron chi connectivity index (χ0n) is 8.30. The van der Waals surface area contributed by atoms with Gasteiger partial charge in [-0.15, -0.1) is 0 Å². The number of aliphatic hydroxyl groups is 1. The Hall–Kier alpha value is -1.67. The Bertz CT molecular complexity index is 362. The van der Waals surface area contributed by atoms with Crippen LogP contribution >= 0.6 is 0 Å². The molecule has 0 bridgehead atoms. The van der Waals surface area contributed by atoms with Gasteiger partial charge < -0.3 is 10.0 Å². The average Bonchev–Trinajstić information content (AvgIpc) is 2.30. The molecule has 0 spiro atoms. The lowest BCUT2D eigenvalue weighted by atomic mass is 10.1. The van der Waals surface area contributed by atoms with Crippen molar-refractivity contribution in [2.24, 2.45) is 0 Å². The maximum absolute atomic E-state index is 9.35. The number of hydrogen-bond donors (Lipinski definition) is 1. The van der Waals surface area contributed by atoms with Crippen molar-refractivity contribution in [2.45, 2.75) is 18.9 Å².